The van der Waals surface area contributed by atoms with Crippen molar-refractivity contribution in [1.82, 2.24) is 10.6 Å². The Kier molecular flexibility index (Phi) is 6.54. The number of rotatable bonds is 7. The number of hydrogen-bond acceptors (Lipinski definition) is 2. The molecule has 2 aromatic rings. The molecule has 0 radical (unpaired) electrons. The number of para-hydroxylation sites is 1. The van der Waals surface area contributed by atoms with Crippen LogP contribution in [0, 0.1) is 11.6 Å². The fourth-order valence-electron chi connectivity index (χ4n) is 2.17. The molecule has 6 heteroatoms. The number of halogens is 2. The molecule has 2 aromatic carbocycles. The molecule has 0 heterocycles. The second kappa shape index (κ2) is 8.86. The molecule has 128 valence electrons. The smallest absolute Gasteiger partial charge is 0.315 e. The van der Waals surface area contributed by atoms with E-state index in [9.17, 15) is 13.6 Å². The molecule has 0 bridgehead atoms. The minimum Gasteiger partial charge on any atom is -0.490 e. The maximum absolute atomic E-state index is 13.6. The number of nitrogens with one attached hydrogen (secondary N) is 2. The van der Waals surface area contributed by atoms with Gasteiger partial charge < -0.3 is 15.4 Å². The van der Waals surface area contributed by atoms with E-state index < -0.39 is 17.9 Å². The second-order valence-electron chi connectivity index (χ2n) is 5.28. The summed E-state index contributed by atoms with van der Waals surface area (Å²) in [5, 5.41) is 5.32. The van der Waals surface area contributed by atoms with Crippen molar-refractivity contribution in [3.63, 3.8) is 0 Å². The summed E-state index contributed by atoms with van der Waals surface area (Å²) < 4.78 is 32.2. The van der Waals surface area contributed by atoms with Crippen LogP contribution >= 0.6 is 0 Å². The molecule has 0 saturated heterocycles. The van der Waals surface area contributed by atoms with Crippen LogP contribution in [0.5, 0.6) is 5.75 Å². The zero-order valence-electron chi connectivity index (χ0n) is 13.4. The topological polar surface area (TPSA) is 50.4 Å². The Bertz CT molecular complexity index is 680. The van der Waals surface area contributed by atoms with E-state index in [0.717, 1.165) is 0 Å². The molecule has 2 rings (SSSR count). The first-order chi connectivity index (χ1) is 11.6. The number of carbonyl (C=O) groups is 1. The lowest BCUT2D eigenvalue weighted by Gasteiger charge is -2.15. The van der Waals surface area contributed by atoms with Gasteiger partial charge in [-0.3, -0.25) is 0 Å². The normalized spacial score (nSPS) is 11.6. The van der Waals surface area contributed by atoms with E-state index in [1.807, 2.05) is 0 Å². The van der Waals surface area contributed by atoms with Gasteiger partial charge in [-0.15, -0.1) is 0 Å². The van der Waals surface area contributed by atoms with Gasteiger partial charge in [0.2, 0.25) is 0 Å². The van der Waals surface area contributed by atoms with Crippen LogP contribution in [-0.4, -0.2) is 19.2 Å². The molecule has 0 aliphatic heterocycles. The first kappa shape index (κ1) is 17.7. The van der Waals surface area contributed by atoms with Gasteiger partial charge in [0.05, 0.1) is 12.6 Å². The Morgan fingerprint density at radius 2 is 1.75 bits per heavy atom. The monoisotopic (exact) mass is 334 g/mol. The van der Waals surface area contributed by atoms with E-state index >= 15 is 0 Å². The highest BCUT2D eigenvalue weighted by molar-refractivity contribution is 5.74. The largest absolute Gasteiger partial charge is 0.490 e. The molecule has 0 aliphatic carbocycles. The highest BCUT2D eigenvalue weighted by Gasteiger charge is 2.12. The van der Waals surface area contributed by atoms with Crippen LogP contribution in [0.25, 0.3) is 0 Å². The van der Waals surface area contributed by atoms with Gasteiger partial charge in [0, 0.05) is 12.1 Å². The van der Waals surface area contributed by atoms with Crippen molar-refractivity contribution in [2.75, 3.05) is 13.2 Å². The van der Waals surface area contributed by atoms with Gasteiger partial charge >= 0.3 is 6.03 Å². The first-order valence-electron chi connectivity index (χ1n) is 7.74. The van der Waals surface area contributed by atoms with Crippen LogP contribution in [0.4, 0.5) is 13.6 Å². The Balaban J connectivity index is 1.67. The Labute approximate surface area is 139 Å². The molecular formula is C18H20F2N2O2. The van der Waals surface area contributed by atoms with Crippen molar-refractivity contribution >= 4 is 6.03 Å². The highest BCUT2D eigenvalue weighted by Crippen LogP contribution is 2.16. The minimum absolute atomic E-state index is 0.190. The SMILES string of the molecule is C[C@@H](NC(=O)NCCCOc1ccccc1F)c1ccccc1F. The third kappa shape index (κ3) is 5.22. The summed E-state index contributed by atoms with van der Waals surface area (Å²) in [6, 6.07) is 11.6. The Hall–Kier alpha value is -2.63. The van der Waals surface area contributed by atoms with E-state index in [2.05, 4.69) is 10.6 Å². The van der Waals surface area contributed by atoms with Crippen LogP contribution in [0.3, 0.4) is 0 Å². The van der Waals surface area contributed by atoms with Crippen molar-refractivity contribution in [3.8, 4) is 5.75 Å². The molecule has 0 saturated carbocycles. The van der Waals surface area contributed by atoms with E-state index in [1.54, 1.807) is 43.3 Å². The first-order valence-corrected chi connectivity index (χ1v) is 7.74. The maximum atomic E-state index is 13.6. The maximum Gasteiger partial charge on any atom is 0.315 e. The summed E-state index contributed by atoms with van der Waals surface area (Å²) in [6.07, 6.45) is 0.524. The fourth-order valence-corrected chi connectivity index (χ4v) is 2.17. The number of carbonyl (C=O) groups excluding carboxylic acids is 1. The molecule has 0 aromatic heterocycles. The Morgan fingerprint density at radius 3 is 2.46 bits per heavy atom. The summed E-state index contributed by atoms with van der Waals surface area (Å²) in [5.74, 6) is -0.583. The molecule has 4 nitrogen and oxygen atoms in total. The standard InChI is InChI=1S/C18H20F2N2O2/c1-13(14-7-2-3-8-15(14)19)22-18(23)21-11-6-12-24-17-10-5-4-9-16(17)20/h2-5,7-10,13H,6,11-12H2,1H3,(H2,21,22,23)/t13-/m1/s1. The molecule has 2 N–H and O–H groups in total. The van der Waals surface area contributed by atoms with Gasteiger partial charge in [-0.05, 0) is 31.5 Å². The van der Waals surface area contributed by atoms with Crippen molar-refractivity contribution in [3.05, 3.63) is 65.7 Å². The number of hydrogen-bond donors (Lipinski definition) is 2. The summed E-state index contributed by atoms with van der Waals surface area (Å²) in [7, 11) is 0. The van der Waals surface area contributed by atoms with Crippen molar-refractivity contribution < 1.29 is 18.3 Å². The van der Waals surface area contributed by atoms with Gasteiger partial charge in [-0.1, -0.05) is 30.3 Å². The van der Waals surface area contributed by atoms with E-state index in [0.29, 0.717) is 18.5 Å². The number of urea groups is 1. The zero-order valence-corrected chi connectivity index (χ0v) is 13.4. The van der Waals surface area contributed by atoms with Crippen LogP contribution in [0.15, 0.2) is 48.5 Å². The van der Waals surface area contributed by atoms with Crippen molar-refractivity contribution in [2.24, 2.45) is 0 Å². The summed E-state index contributed by atoms with van der Waals surface area (Å²) in [4.78, 5) is 11.8. The predicted octanol–water partition coefficient (Wildman–Crippen LogP) is 3.79. The van der Waals surface area contributed by atoms with Gasteiger partial charge in [-0.25, -0.2) is 13.6 Å². The predicted molar refractivity (Wildman–Crippen MR) is 87.9 cm³/mol. The minimum atomic E-state index is -0.444. The summed E-state index contributed by atoms with van der Waals surface area (Å²) in [6.45, 7) is 2.35. The van der Waals surface area contributed by atoms with Crippen LogP contribution in [-0.2, 0) is 0 Å². The zero-order chi connectivity index (χ0) is 17.4. The molecule has 1 atom stereocenters. The van der Waals surface area contributed by atoms with Crippen molar-refractivity contribution in [1.29, 1.82) is 0 Å². The highest BCUT2D eigenvalue weighted by atomic mass is 19.1. The lowest BCUT2D eigenvalue weighted by Crippen LogP contribution is -2.38. The second-order valence-corrected chi connectivity index (χ2v) is 5.28. The lowest BCUT2D eigenvalue weighted by molar-refractivity contribution is 0.235. The third-order valence-corrected chi connectivity index (χ3v) is 3.42. The Morgan fingerprint density at radius 1 is 1.08 bits per heavy atom. The van der Waals surface area contributed by atoms with E-state index in [1.165, 1.54) is 12.1 Å². The van der Waals surface area contributed by atoms with Gasteiger partial charge in [-0.2, -0.15) is 0 Å². The molecular weight excluding hydrogens is 314 g/mol. The van der Waals surface area contributed by atoms with E-state index in [-0.39, 0.29) is 18.2 Å². The molecule has 0 aliphatic rings. The quantitative estimate of drug-likeness (QED) is 0.757. The summed E-state index contributed by atoms with van der Waals surface area (Å²) >= 11 is 0. The average Bonchev–Trinajstić information content (AvgIpc) is 2.56. The van der Waals surface area contributed by atoms with E-state index in [4.69, 9.17) is 4.74 Å². The molecule has 24 heavy (non-hydrogen) atoms. The number of ether oxygens (including phenoxy) is 1. The number of benzene rings is 2. The molecule has 0 unspecified atom stereocenters. The fraction of sp³-hybridized carbons (Fsp3) is 0.278. The van der Waals surface area contributed by atoms with Crippen LogP contribution in [0.2, 0.25) is 0 Å². The van der Waals surface area contributed by atoms with Crippen LogP contribution in [0.1, 0.15) is 24.9 Å². The van der Waals surface area contributed by atoms with Gasteiger partial charge in [0.15, 0.2) is 11.6 Å². The van der Waals surface area contributed by atoms with Gasteiger partial charge in [0.1, 0.15) is 5.82 Å². The summed E-state index contributed by atoms with van der Waals surface area (Å²) in [5.41, 5.74) is 0.426. The third-order valence-electron chi connectivity index (χ3n) is 3.42. The van der Waals surface area contributed by atoms with Crippen LogP contribution < -0.4 is 15.4 Å². The van der Waals surface area contributed by atoms with Crippen molar-refractivity contribution in [2.45, 2.75) is 19.4 Å². The average molecular weight is 334 g/mol. The van der Waals surface area contributed by atoms with Gasteiger partial charge in [0.25, 0.3) is 0 Å². The molecule has 0 spiro atoms. The number of amides is 2. The molecule has 2 amide bonds. The molecule has 0 fully saturated rings. The lowest BCUT2D eigenvalue weighted by atomic mass is 10.1.